The Kier molecular flexibility index (Phi) is 6.12. The van der Waals surface area contributed by atoms with Crippen molar-refractivity contribution in [2.45, 2.75) is 25.4 Å². The van der Waals surface area contributed by atoms with Crippen LogP contribution in [0.15, 0.2) is 17.5 Å². The van der Waals surface area contributed by atoms with Crippen molar-refractivity contribution in [3.63, 3.8) is 0 Å². The highest BCUT2D eigenvalue weighted by atomic mass is 32.1. The van der Waals surface area contributed by atoms with Gasteiger partial charge in [-0.3, -0.25) is 4.90 Å². The Morgan fingerprint density at radius 2 is 2.00 bits per heavy atom. The molecule has 1 aromatic heterocycles. The summed E-state index contributed by atoms with van der Waals surface area (Å²) in [6, 6.07) is 4.79. The first-order valence-electron chi connectivity index (χ1n) is 6.16. The minimum Gasteiger partial charge on any atom is -0.326 e. The van der Waals surface area contributed by atoms with Crippen LogP contribution < -0.4 is 5.73 Å². The fourth-order valence-corrected chi connectivity index (χ4v) is 3.12. The molecule has 1 heterocycles. The van der Waals surface area contributed by atoms with Gasteiger partial charge in [0, 0.05) is 10.9 Å². The van der Waals surface area contributed by atoms with Gasteiger partial charge >= 0.3 is 0 Å². The second-order valence-electron chi connectivity index (χ2n) is 4.96. The summed E-state index contributed by atoms with van der Waals surface area (Å²) in [4.78, 5) is 5.97. The highest BCUT2D eigenvalue weighted by molar-refractivity contribution is 7.10. The van der Waals surface area contributed by atoms with E-state index in [1.165, 1.54) is 11.3 Å². The van der Waals surface area contributed by atoms with Crippen LogP contribution in [0.4, 0.5) is 0 Å². The number of rotatable bonds is 7. The van der Waals surface area contributed by atoms with Gasteiger partial charge in [-0.15, -0.1) is 11.3 Å². The van der Waals surface area contributed by atoms with E-state index < -0.39 is 0 Å². The molecule has 0 radical (unpaired) electrons. The van der Waals surface area contributed by atoms with Crippen LogP contribution in [0.3, 0.4) is 0 Å². The molecule has 98 valence electrons. The van der Waals surface area contributed by atoms with Gasteiger partial charge in [-0.25, -0.2) is 0 Å². The second kappa shape index (κ2) is 7.11. The zero-order valence-corrected chi connectivity index (χ0v) is 12.2. The maximum absolute atomic E-state index is 6.11. The summed E-state index contributed by atoms with van der Waals surface area (Å²) in [5, 5.41) is 2.12. The van der Waals surface area contributed by atoms with Gasteiger partial charge in [0.2, 0.25) is 0 Å². The van der Waals surface area contributed by atoms with E-state index in [0.717, 1.165) is 13.1 Å². The average molecular weight is 255 g/mol. The normalized spacial score (nSPS) is 15.5. The Hall–Kier alpha value is -0.420. The third-order valence-corrected chi connectivity index (χ3v) is 3.87. The summed E-state index contributed by atoms with van der Waals surface area (Å²) in [6.45, 7) is 4.30. The number of nitrogens with two attached hydrogens (primary N) is 1. The summed E-state index contributed by atoms with van der Waals surface area (Å²) in [6.07, 6.45) is 1.18. The van der Waals surface area contributed by atoms with Gasteiger partial charge in [0.15, 0.2) is 0 Å². The van der Waals surface area contributed by atoms with Crippen LogP contribution in [0.2, 0.25) is 0 Å². The van der Waals surface area contributed by atoms with Crippen molar-refractivity contribution < 1.29 is 0 Å². The van der Waals surface area contributed by atoms with Crippen LogP contribution >= 0.6 is 11.3 Å². The lowest BCUT2D eigenvalue weighted by molar-refractivity contribution is 0.211. The topological polar surface area (TPSA) is 32.5 Å². The van der Waals surface area contributed by atoms with Crippen molar-refractivity contribution in [3.05, 3.63) is 22.4 Å². The molecule has 0 aliphatic rings. The number of hydrogen-bond donors (Lipinski definition) is 1. The molecule has 0 spiro atoms. The standard InChI is InChI=1S/C13H25N3S/c1-11(14)13(12-7-5-10-17-12)16(4)9-6-8-15(2)3/h5,7,10-11,13H,6,8-9,14H2,1-4H3. The van der Waals surface area contributed by atoms with Crippen LogP contribution in [-0.2, 0) is 0 Å². The van der Waals surface area contributed by atoms with Gasteiger partial charge in [0.25, 0.3) is 0 Å². The highest BCUT2D eigenvalue weighted by Gasteiger charge is 2.21. The lowest BCUT2D eigenvalue weighted by atomic mass is 10.1. The molecule has 0 fully saturated rings. The van der Waals surface area contributed by atoms with E-state index in [2.05, 4.69) is 55.4 Å². The first-order valence-corrected chi connectivity index (χ1v) is 7.04. The Morgan fingerprint density at radius 3 is 2.47 bits per heavy atom. The minimum absolute atomic E-state index is 0.165. The summed E-state index contributed by atoms with van der Waals surface area (Å²) in [5.41, 5.74) is 6.11. The minimum atomic E-state index is 0.165. The molecular formula is C13H25N3S. The summed E-state index contributed by atoms with van der Waals surface area (Å²) in [7, 11) is 6.40. The Balaban J connectivity index is 2.53. The average Bonchev–Trinajstić information content (AvgIpc) is 2.69. The highest BCUT2D eigenvalue weighted by Crippen LogP contribution is 2.26. The molecular weight excluding hydrogens is 230 g/mol. The Morgan fingerprint density at radius 1 is 1.29 bits per heavy atom. The largest absolute Gasteiger partial charge is 0.326 e. The smallest absolute Gasteiger partial charge is 0.0588 e. The van der Waals surface area contributed by atoms with Gasteiger partial charge in [-0.2, -0.15) is 0 Å². The van der Waals surface area contributed by atoms with Crippen LogP contribution in [0.1, 0.15) is 24.3 Å². The van der Waals surface area contributed by atoms with Crippen LogP contribution in [0, 0.1) is 0 Å². The molecule has 1 rings (SSSR count). The third-order valence-electron chi connectivity index (χ3n) is 2.92. The summed E-state index contributed by atoms with van der Waals surface area (Å²) in [5.74, 6) is 0. The van der Waals surface area contributed by atoms with E-state index in [0.29, 0.717) is 6.04 Å². The Bertz CT molecular complexity index is 296. The van der Waals surface area contributed by atoms with Crippen molar-refractivity contribution in [3.8, 4) is 0 Å². The van der Waals surface area contributed by atoms with Gasteiger partial charge in [0.05, 0.1) is 6.04 Å². The molecule has 4 heteroatoms. The van der Waals surface area contributed by atoms with E-state index in [4.69, 9.17) is 5.73 Å². The lowest BCUT2D eigenvalue weighted by Crippen LogP contribution is -2.37. The summed E-state index contributed by atoms with van der Waals surface area (Å²) < 4.78 is 0. The van der Waals surface area contributed by atoms with E-state index >= 15 is 0 Å². The number of hydrogen-bond acceptors (Lipinski definition) is 4. The predicted molar refractivity (Wildman–Crippen MR) is 76.5 cm³/mol. The molecule has 0 aliphatic heterocycles. The quantitative estimate of drug-likeness (QED) is 0.809. The molecule has 0 aromatic carbocycles. The molecule has 1 aromatic rings. The predicted octanol–water partition coefficient (Wildman–Crippen LogP) is 2.02. The summed E-state index contributed by atoms with van der Waals surface area (Å²) >= 11 is 1.80. The first kappa shape index (κ1) is 14.6. The first-order chi connectivity index (χ1) is 8.02. The van der Waals surface area contributed by atoms with Crippen molar-refractivity contribution in [1.82, 2.24) is 9.80 Å². The maximum Gasteiger partial charge on any atom is 0.0588 e. The lowest BCUT2D eigenvalue weighted by Gasteiger charge is -2.30. The molecule has 0 amide bonds. The third kappa shape index (κ3) is 4.76. The van der Waals surface area contributed by atoms with E-state index in [1.54, 1.807) is 11.3 Å². The fraction of sp³-hybridized carbons (Fsp3) is 0.692. The molecule has 0 saturated heterocycles. The van der Waals surface area contributed by atoms with Crippen LogP contribution in [0.25, 0.3) is 0 Å². The van der Waals surface area contributed by atoms with Gasteiger partial charge in [-0.1, -0.05) is 6.07 Å². The van der Waals surface area contributed by atoms with Crippen molar-refractivity contribution >= 4 is 11.3 Å². The van der Waals surface area contributed by atoms with Gasteiger partial charge in [-0.05, 0) is 59.0 Å². The van der Waals surface area contributed by atoms with Gasteiger partial charge in [0.1, 0.15) is 0 Å². The zero-order chi connectivity index (χ0) is 12.8. The molecule has 17 heavy (non-hydrogen) atoms. The molecule has 2 N–H and O–H groups in total. The Labute approximate surface area is 109 Å². The molecule has 2 unspecified atom stereocenters. The van der Waals surface area contributed by atoms with E-state index in [1.807, 2.05) is 0 Å². The van der Waals surface area contributed by atoms with E-state index in [9.17, 15) is 0 Å². The molecule has 3 nitrogen and oxygen atoms in total. The van der Waals surface area contributed by atoms with E-state index in [-0.39, 0.29) is 6.04 Å². The second-order valence-corrected chi connectivity index (χ2v) is 5.94. The van der Waals surface area contributed by atoms with Crippen LogP contribution in [-0.4, -0.2) is 50.1 Å². The number of nitrogens with zero attached hydrogens (tertiary/aromatic N) is 2. The zero-order valence-electron chi connectivity index (χ0n) is 11.4. The van der Waals surface area contributed by atoms with Gasteiger partial charge < -0.3 is 10.6 Å². The van der Waals surface area contributed by atoms with Crippen molar-refractivity contribution in [2.24, 2.45) is 5.73 Å². The molecule has 0 aliphatic carbocycles. The number of thiophene rings is 1. The number of likely N-dealkylation sites (N-methyl/N-ethyl adjacent to an activating group) is 1. The van der Waals surface area contributed by atoms with Crippen LogP contribution in [0.5, 0.6) is 0 Å². The molecule has 2 atom stereocenters. The molecule has 0 bridgehead atoms. The SMILES string of the molecule is CC(N)C(c1cccs1)N(C)CCCN(C)C. The van der Waals surface area contributed by atoms with Crippen molar-refractivity contribution in [2.75, 3.05) is 34.2 Å². The maximum atomic E-state index is 6.11. The van der Waals surface area contributed by atoms with Crippen molar-refractivity contribution in [1.29, 1.82) is 0 Å². The fourth-order valence-electron chi connectivity index (χ4n) is 2.11. The monoisotopic (exact) mass is 255 g/mol. The molecule has 0 saturated carbocycles.